The summed E-state index contributed by atoms with van der Waals surface area (Å²) in [6.45, 7) is 0. The number of fused-ring (bicyclic) bond motifs is 3. The van der Waals surface area contributed by atoms with Crippen molar-refractivity contribution in [3.05, 3.63) is 158 Å². The fraction of sp³-hybridized carbons (Fsp3) is 0. The molecule has 3 aromatic heterocycles. The normalized spacial score (nSPS) is 11.2. The van der Waals surface area contributed by atoms with Crippen molar-refractivity contribution in [1.29, 1.82) is 0 Å². The summed E-state index contributed by atoms with van der Waals surface area (Å²) in [6.07, 6.45) is 3.65. The molecule has 0 aliphatic heterocycles. The summed E-state index contributed by atoms with van der Waals surface area (Å²) in [5, 5.41) is 2.14. The molecule has 44 heavy (non-hydrogen) atoms. The molecule has 8 rings (SSSR count). The number of pyridine rings is 2. The van der Waals surface area contributed by atoms with Crippen LogP contribution in [0.4, 0.5) is 0 Å². The van der Waals surface area contributed by atoms with Gasteiger partial charge in [-0.2, -0.15) is 0 Å². The highest BCUT2D eigenvalue weighted by atomic mass is 14.9. The molecular formula is C40H26N4. The Morgan fingerprint density at radius 3 is 1.52 bits per heavy atom. The van der Waals surface area contributed by atoms with Gasteiger partial charge in [0.15, 0.2) is 5.82 Å². The fourth-order valence-electron chi connectivity index (χ4n) is 5.89. The lowest BCUT2D eigenvalue weighted by Crippen LogP contribution is -2.00. The molecule has 8 aromatic rings. The van der Waals surface area contributed by atoms with E-state index in [1.54, 1.807) is 0 Å². The van der Waals surface area contributed by atoms with E-state index in [1.165, 1.54) is 0 Å². The molecule has 3 heterocycles. The molecule has 0 bridgehead atoms. The van der Waals surface area contributed by atoms with Gasteiger partial charge in [0, 0.05) is 45.4 Å². The monoisotopic (exact) mass is 562 g/mol. The Kier molecular flexibility index (Phi) is 6.43. The second-order valence-corrected chi connectivity index (χ2v) is 10.7. The number of rotatable bonds is 5. The van der Waals surface area contributed by atoms with Gasteiger partial charge >= 0.3 is 0 Å². The van der Waals surface area contributed by atoms with E-state index < -0.39 is 0 Å². The first-order valence-electron chi connectivity index (χ1n) is 14.6. The lowest BCUT2D eigenvalue weighted by Gasteiger charge is -2.17. The smallest absolute Gasteiger partial charge is 0.160 e. The predicted octanol–water partition coefficient (Wildman–Crippen LogP) is 9.91. The van der Waals surface area contributed by atoms with Crippen LogP contribution in [0.2, 0.25) is 0 Å². The van der Waals surface area contributed by atoms with Gasteiger partial charge in [0.1, 0.15) is 0 Å². The Bertz CT molecular complexity index is 2190. The van der Waals surface area contributed by atoms with Gasteiger partial charge in [-0.3, -0.25) is 9.97 Å². The number of nitrogens with zero attached hydrogens (tertiary/aromatic N) is 4. The van der Waals surface area contributed by atoms with Crippen LogP contribution >= 0.6 is 0 Å². The minimum atomic E-state index is 0.683. The van der Waals surface area contributed by atoms with E-state index in [1.807, 2.05) is 42.7 Å². The zero-order valence-corrected chi connectivity index (χ0v) is 23.8. The van der Waals surface area contributed by atoms with Crippen LogP contribution in [0.25, 0.3) is 78.0 Å². The van der Waals surface area contributed by atoms with E-state index in [4.69, 9.17) is 9.97 Å². The van der Waals surface area contributed by atoms with Crippen LogP contribution < -0.4 is 0 Å². The summed E-state index contributed by atoms with van der Waals surface area (Å²) in [6, 6.07) is 50.1. The molecule has 0 N–H and O–H groups in total. The van der Waals surface area contributed by atoms with Crippen molar-refractivity contribution >= 4 is 21.8 Å². The minimum absolute atomic E-state index is 0.683. The molecule has 0 unspecified atom stereocenters. The predicted molar refractivity (Wildman–Crippen MR) is 180 cm³/mol. The zero-order chi connectivity index (χ0) is 29.3. The first kappa shape index (κ1) is 25.7. The van der Waals surface area contributed by atoms with Gasteiger partial charge in [0.05, 0.1) is 22.4 Å². The summed E-state index contributed by atoms with van der Waals surface area (Å²) < 4.78 is 0. The molecule has 0 aliphatic rings. The van der Waals surface area contributed by atoms with Gasteiger partial charge in [-0.15, -0.1) is 0 Å². The van der Waals surface area contributed by atoms with Gasteiger partial charge in [-0.1, -0.05) is 127 Å². The molecule has 0 saturated carbocycles. The number of benzene rings is 5. The van der Waals surface area contributed by atoms with Gasteiger partial charge < -0.3 is 0 Å². The van der Waals surface area contributed by atoms with E-state index in [-0.39, 0.29) is 0 Å². The molecule has 0 spiro atoms. The highest BCUT2D eigenvalue weighted by Crippen LogP contribution is 2.40. The maximum Gasteiger partial charge on any atom is 0.160 e. The third-order valence-corrected chi connectivity index (χ3v) is 7.98. The standard InChI is InChI=1S/C40H26N4/c1-4-12-28(13-5-1)35-36(29-14-6-2-7-15-29)43-40(44-37(35)30-16-8-3-9-17-30)31-22-20-27(21-23-31)34-26-32-18-10-24-41-38(32)39-33(34)19-11-25-42-39/h1-26H. The first-order chi connectivity index (χ1) is 21.8. The van der Waals surface area contributed by atoms with Crippen molar-refractivity contribution in [2.75, 3.05) is 0 Å². The van der Waals surface area contributed by atoms with E-state index in [0.717, 1.165) is 72.1 Å². The largest absolute Gasteiger partial charge is 0.254 e. The van der Waals surface area contributed by atoms with E-state index >= 15 is 0 Å². The van der Waals surface area contributed by atoms with Crippen LogP contribution in [0.15, 0.2) is 158 Å². The van der Waals surface area contributed by atoms with Crippen LogP contribution in [0, 0.1) is 0 Å². The van der Waals surface area contributed by atoms with Gasteiger partial charge in [0.2, 0.25) is 0 Å². The quantitative estimate of drug-likeness (QED) is 0.196. The Morgan fingerprint density at radius 1 is 0.386 bits per heavy atom. The fourth-order valence-corrected chi connectivity index (χ4v) is 5.89. The third-order valence-electron chi connectivity index (χ3n) is 7.98. The number of hydrogen-bond donors (Lipinski definition) is 0. The number of aromatic nitrogens is 4. The zero-order valence-electron chi connectivity index (χ0n) is 23.8. The van der Waals surface area contributed by atoms with Crippen molar-refractivity contribution in [3.8, 4) is 56.2 Å². The van der Waals surface area contributed by atoms with Crippen LogP contribution in [-0.2, 0) is 0 Å². The molecule has 206 valence electrons. The first-order valence-corrected chi connectivity index (χ1v) is 14.6. The molecule has 4 nitrogen and oxygen atoms in total. The van der Waals surface area contributed by atoms with Crippen LogP contribution in [0.5, 0.6) is 0 Å². The van der Waals surface area contributed by atoms with E-state index in [0.29, 0.717) is 5.82 Å². The Labute approximate surface area is 255 Å². The van der Waals surface area contributed by atoms with Gasteiger partial charge in [-0.05, 0) is 34.9 Å². The SMILES string of the molecule is c1ccc(-c2nc(-c3ccc(-c4cc5cccnc5c5ncccc45)cc3)nc(-c3ccccc3)c2-c2ccccc2)cc1. The van der Waals surface area contributed by atoms with Crippen molar-refractivity contribution in [3.63, 3.8) is 0 Å². The molecule has 4 heteroatoms. The highest BCUT2D eigenvalue weighted by Gasteiger charge is 2.20. The van der Waals surface area contributed by atoms with Gasteiger partial charge in [-0.25, -0.2) is 9.97 Å². The summed E-state index contributed by atoms with van der Waals surface area (Å²) in [7, 11) is 0. The average molecular weight is 563 g/mol. The van der Waals surface area contributed by atoms with Crippen LogP contribution in [0.1, 0.15) is 0 Å². The summed E-state index contributed by atoms with van der Waals surface area (Å²) in [4.78, 5) is 19.8. The van der Waals surface area contributed by atoms with Crippen LogP contribution in [0.3, 0.4) is 0 Å². The molecule has 0 aliphatic carbocycles. The Morgan fingerprint density at radius 2 is 0.909 bits per heavy atom. The molecule has 0 amide bonds. The molecule has 5 aromatic carbocycles. The summed E-state index contributed by atoms with van der Waals surface area (Å²) in [5.41, 5.74) is 11.0. The molecule has 0 radical (unpaired) electrons. The van der Waals surface area contributed by atoms with Crippen molar-refractivity contribution in [2.45, 2.75) is 0 Å². The van der Waals surface area contributed by atoms with Crippen molar-refractivity contribution in [2.24, 2.45) is 0 Å². The van der Waals surface area contributed by atoms with E-state index in [2.05, 4.69) is 125 Å². The van der Waals surface area contributed by atoms with E-state index in [9.17, 15) is 0 Å². The van der Waals surface area contributed by atoms with Crippen molar-refractivity contribution in [1.82, 2.24) is 19.9 Å². The maximum absolute atomic E-state index is 5.24. The average Bonchev–Trinajstić information content (AvgIpc) is 3.12. The summed E-state index contributed by atoms with van der Waals surface area (Å²) >= 11 is 0. The van der Waals surface area contributed by atoms with Crippen LogP contribution in [-0.4, -0.2) is 19.9 Å². The van der Waals surface area contributed by atoms with Crippen molar-refractivity contribution < 1.29 is 0 Å². The lowest BCUT2D eigenvalue weighted by atomic mass is 9.94. The Balaban J connectivity index is 1.32. The minimum Gasteiger partial charge on any atom is -0.254 e. The topological polar surface area (TPSA) is 51.6 Å². The Hall–Kier alpha value is -6.00. The highest BCUT2D eigenvalue weighted by molar-refractivity contribution is 6.10. The third kappa shape index (κ3) is 4.59. The van der Waals surface area contributed by atoms with Gasteiger partial charge in [0.25, 0.3) is 0 Å². The maximum atomic E-state index is 5.24. The molecule has 0 fully saturated rings. The number of hydrogen-bond acceptors (Lipinski definition) is 4. The second kappa shape index (κ2) is 11.0. The lowest BCUT2D eigenvalue weighted by molar-refractivity contribution is 1.18. The summed E-state index contributed by atoms with van der Waals surface area (Å²) in [5.74, 6) is 0.683. The second-order valence-electron chi connectivity index (χ2n) is 10.7. The molecular weight excluding hydrogens is 536 g/mol. The molecule has 0 saturated heterocycles. The molecule has 0 atom stereocenters.